The fourth-order valence-corrected chi connectivity index (χ4v) is 2.38. The highest BCUT2D eigenvalue weighted by molar-refractivity contribution is 5.94. The first-order chi connectivity index (χ1) is 8.66. The van der Waals surface area contributed by atoms with E-state index in [1.807, 2.05) is 0 Å². The van der Waals surface area contributed by atoms with E-state index in [1.54, 1.807) is 0 Å². The summed E-state index contributed by atoms with van der Waals surface area (Å²) in [6, 6.07) is 3.64. The molecule has 0 aliphatic heterocycles. The third-order valence-electron chi connectivity index (χ3n) is 3.48. The van der Waals surface area contributed by atoms with Crippen LogP contribution in [0, 0.1) is 11.7 Å². The van der Waals surface area contributed by atoms with Crippen LogP contribution in [0.5, 0.6) is 5.75 Å². The number of nitrogens with one attached hydrogen (secondary N) is 1. The maximum atomic E-state index is 12.9. The fourth-order valence-electron chi connectivity index (χ4n) is 2.38. The molecule has 0 heterocycles. The summed E-state index contributed by atoms with van der Waals surface area (Å²) in [6.45, 7) is 0.664. The molecule has 1 aliphatic carbocycles. The van der Waals surface area contributed by atoms with Gasteiger partial charge < -0.3 is 10.4 Å². The van der Waals surface area contributed by atoms with Crippen molar-refractivity contribution in [2.45, 2.75) is 32.1 Å². The highest BCUT2D eigenvalue weighted by Gasteiger charge is 2.15. The Morgan fingerprint density at radius 3 is 2.72 bits per heavy atom. The molecule has 0 unspecified atom stereocenters. The Hall–Kier alpha value is -1.58. The van der Waals surface area contributed by atoms with Crippen molar-refractivity contribution in [1.82, 2.24) is 5.32 Å². The van der Waals surface area contributed by atoms with E-state index in [0.29, 0.717) is 18.0 Å². The van der Waals surface area contributed by atoms with Crippen molar-refractivity contribution < 1.29 is 14.3 Å². The van der Waals surface area contributed by atoms with E-state index in [4.69, 9.17) is 0 Å². The maximum Gasteiger partial charge on any atom is 0.251 e. The first-order valence-corrected chi connectivity index (χ1v) is 6.43. The Kier molecular flexibility index (Phi) is 4.18. The van der Waals surface area contributed by atoms with Crippen molar-refractivity contribution in [2.24, 2.45) is 5.92 Å². The Morgan fingerprint density at radius 1 is 1.33 bits per heavy atom. The fraction of sp³-hybridized carbons (Fsp3) is 0.500. The van der Waals surface area contributed by atoms with Gasteiger partial charge in [0.1, 0.15) is 0 Å². The van der Waals surface area contributed by atoms with Crippen LogP contribution < -0.4 is 5.32 Å². The van der Waals surface area contributed by atoms with E-state index < -0.39 is 11.6 Å². The maximum absolute atomic E-state index is 12.9. The number of hydrogen-bond donors (Lipinski definition) is 2. The average Bonchev–Trinajstić information content (AvgIpc) is 2.40. The zero-order chi connectivity index (χ0) is 13.0. The quantitative estimate of drug-likeness (QED) is 0.867. The molecule has 0 spiro atoms. The van der Waals surface area contributed by atoms with Gasteiger partial charge in [0.2, 0.25) is 0 Å². The van der Waals surface area contributed by atoms with Crippen molar-refractivity contribution in [2.75, 3.05) is 6.54 Å². The summed E-state index contributed by atoms with van der Waals surface area (Å²) in [5.74, 6) is -0.897. The Morgan fingerprint density at radius 2 is 2.06 bits per heavy atom. The first kappa shape index (κ1) is 12.9. The number of rotatable bonds is 3. The average molecular weight is 251 g/mol. The second-order valence-corrected chi connectivity index (χ2v) is 4.88. The molecule has 1 amide bonds. The van der Waals surface area contributed by atoms with Crippen LogP contribution in [0.1, 0.15) is 42.5 Å². The molecule has 1 saturated carbocycles. The highest BCUT2D eigenvalue weighted by Crippen LogP contribution is 2.23. The van der Waals surface area contributed by atoms with Crippen LogP contribution in [0.2, 0.25) is 0 Å². The van der Waals surface area contributed by atoms with E-state index in [9.17, 15) is 14.3 Å². The lowest BCUT2D eigenvalue weighted by Crippen LogP contribution is -2.30. The van der Waals surface area contributed by atoms with Crippen LogP contribution in [-0.2, 0) is 0 Å². The molecule has 0 atom stereocenters. The molecule has 0 saturated heterocycles. The topological polar surface area (TPSA) is 49.3 Å². The second-order valence-electron chi connectivity index (χ2n) is 4.88. The molecule has 1 aromatic carbocycles. The lowest BCUT2D eigenvalue weighted by atomic mass is 9.89. The van der Waals surface area contributed by atoms with E-state index in [-0.39, 0.29) is 5.91 Å². The molecule has 0 bridgehead atoms. The van der Waals surface area contributed by atoms with Crippen molar-refractivity contribution in [3.05, 3.63) is 29.6 Å². The Labute approximate surface area is 106 Å². The van der Waals surface area contributed by atoms with Crippen molar-refractivity contribution in [1.29, 1.82) is 0 Å². The first-order valence-electron chi connectivity index (χ1n) is 6.43. The normalized spacial score (nSPS) is 16.5. The van der Waals surface area contributed by atoms with Gasteiger partial charge >= 0.3 is 0 Å². The molecule has 1 aliphatic rings. The summed E-state index contributed by atoms with van der Waals surface area (Å²) >= 11 is 0. The van der Waals surface area contributed by atoms with Crippen LogP contribution in [-0.4, -0.2) is 17.6 Å². The summed E-state index contributed by atoms with van der Waals surface area (Å²) in [5.41, 5.74) is 0.296. The SMILES string of the molecule is O=C(NCC1CCCCC1)c1ccc(F)c(O)c1. The lowest BCUT2D eigenvalue weighted by molar-refractivity contribution is 0.0943. The van der Waals surface area contributed by atoms with Crippen molar-refractivity contribution >= 4 is 5.91 Å². The second kappa shape index (κ2) is 5.85. The molecule has 2 N–H and O–H groups in total. The third kappa shape index (κ3) is 3.22. The van der Waals surface area contributed by atoms with Gasteiger partial charge in [-0.25, -0.2) is 4.39 Å². The van der Waals surface area contributed by atoms with Crippen LogP contribution >= 0.6 is 0 Å². The number of amides is 1. The number of hydrogen-bond acceptors (Lipinski definition) is 2. The summed E-state index contributed by atoms with van der Waals surface area (Å²) in [7, 11) is 0. The van der Waals surface area contributed by atoms with Gasteiger partial charge in [0.05, 0.1) is 0 Å². The molecule has 98 valence electrons. The summed E-state index contributed by atoms with van der Waals surface area (Å²) in [5, 5.41) is 12.1. The molecular weight excluding hydrogens is 233 g/mol. The predicted octanol–water partition coefficient (Wildman–Crippen LogP) is 2.84. The molecule has 18 heavy (non-hydrogen) atoms. The number of halogens is 1. The number of benzene rings is 1. The number of phenolic OH excluding ortho intramolecular Hbond substituents is 1. The van der Waals surface area contributed by atoms with Gasteiger partial charge in [0, 0.05) is 12.1 Å². The minimum absolute atomic E-state index is 0.254. The molecule has 2 rings (SSSR count). The number of carbonyl (C=O) groups is 1. The predicted molar refractivity (Wildman–Crippen MR) is 67.0 cm³/mol. The number of aromatic hydroxyl groups is 1. The largest absolute Gasteiger partial charge is 0.505 e. The van der Waals surface area contributed by atoms with Gasteiger partial charge in [-0.05, 0) is 37.0 Å². The monoisotopic (exact) mass is 251 g/mol. The van der Waals surface area contributed by atoms with Gasteiger partial charge in [-0.3, -0.25) is 4.79 Å². The minimum atomic E-state index is -0.709. The third-order valence-corrected chi connectivity index (χ3v) is 3.48. The van der Waals surface area contributed by atoms with E-state index in [0.717, 1.165) is 25.0 Å². The van der Waals surface area contributed by atoms with E-state index >= 15 is 0 Å². The minimum Gasteiger partial charge on any atom is -0.505 e. The Bertz CT molecular complexity index is 428. The number of carbonyl (C=O) groups excluding carboxylic acids is 1. The zero-order valence-corrected chi connectivity index (χ0v) is 10.3. The molecule has 1 fully saturated rings. The van der Waals surface area contributed by atoms with E-state index in [1.165, 1.54) is 25.3 Å². The molecular formula is C14H18FNO2. The van der Waals surface area contributed by atoms with Crippen molar-refractivity contribution in [3.63, 3.8) is 0 Å². The highest BCUT2D eigenvalue weighted by atomic mass is 19.1. The molecule has 1 aromatic rings. The molecule has 0 aromatic heterocycles. The van der Waals surface area contributed by atoms with Gasteiger partial charge in [-0.15, -0.1) is 0 Å². The Balaban J connectivity index is 1.88. The molecule has 4 heteroatoms. The van der Waals surface area contributed by atoms with Crippen LogP contribution in [0.3, 0.4) is 0 Å². The van der Waals surface area contributed by atoms with E-state index in [2.05, 4.69) is 5.32 Å². The summed E-state index contributed by atoms with van der Waals surface area (Å²) in [4.78, 5) is 11.8. The standard InChI is InChI=1S/C14H18FNO2/c15-12-7-6-11(8-13(12)17)14(18)16-9-10-4-2-1-3-5-10/h6-8,10,17H,1-5,9H2,(H,16,18). The van der Waals surface area contributed by atoms with Crippen LogP contribution in [0.15, 0.2) is 18.2 Å². The summed E-state index contributed by atoms with van der Waals surface area (Å²) < 4.78 is 12.9. The number of phenols is 1. The van der Waals surface area contributed by atoms with Gasteiger partial charge in [-0.2, -0.15) is 0 Å². The lowest BCUT2D eigenvalue weighted by Gasteiger charge is -2.21. The van der Waals surface area contributed by atoms with Crippen molar-refractivity contribution in [3.8, 4) is 5.75 Å². The smallest absolute Gasteiger partial charge is 0.251 e. The van der Waals surface area contributed by atoms with Crippen LogP contribution in [0.25, 0.3) is 0 Å². The van der Waals surface area contributed by atoms with Gasteiger partial charge in [0.15, 0.2) is 11.6 Å². The van der Waals surface area contributed by atoms with Gasteiger partial charge in [-0.1, -0.05) is 19.3 Å². The summed E-state index contributed by atoms with van der Waals surface area (Å²) in [6.07, 6.45) is 6.08. The van der Waals surface area contributed by atoms with Crippen LogP contribution in [0.4, 0.5) is 4.39 Å². The zero-order valence-electron chi connectivity index (χ0n) is 10.3. The molecule has 0 radical (unpaired) electrons. The molecule has 3 nitrogen and oxygen atoms in total. The van der Waals surface area contributed by atoms with Gasteiger partial charge in [0.25, 0.3) is 5.91 Å².